The van der Waals surface area contributed by atoms with E-state index in [4.69, 9.17) is 9.47 Å². The van der Waals surface area contributed by atoms with Crippen molar-refractivity contribution in [3.8, 4) is 0 Å². The van der Waals surface area contributed by atoms with Gasteiger partial charge in [-0.15, -0.1) is 0 Å². The minimum Gasteiger partial charge on any atom is -0.463 e. The zero-order valence-electron chi connectivity index (χ0n) is 12.2. The second-order valence-corrected chi connectivity index (χ2v) is 4.36. The number of aryl methyl sites for hydroxylation is 1. The molecule has 0 unspecified atom stereocenters. The van der Waals surface area contributed by atoms with Crippen molar-refractivity contribution in [2.24, 2.45) is 0 Å². The minimum atomic E-state index is -0.178. The molecule has 3 heteroatoms. The van der Waals surface area contributed by atoms with Gasteiger partial charge in [0.25, 0.3) is 0 Å². The maximum atomic E-state index is 11.8. The summed E-state index contributed by atoms with van der Waals surface area (Å²) < 4.78 is 10.3. The van der Waals surface area contributed by atoms with Gasteiger partial charge >= 0.3 is 5.97 Å². The monoisotopic (exact) mass is 264 g/mol. The van der Waals surface area contributed by atoms with Crippen LogP contribution in [0.4, 0.5) is 0 Å². The molecule has 0 N–H and O–H groups in total. The van der Waals surface area contributed by atoms with Crippen LogP contribution in [-0.4, -0.2) is 25.8 Å². The van der Waals surface area contributed by atoms with E-state index >= 15 is 0 Å². The fourth-order valence-electron chi connectivity index (χ4n) is 2.20. The quantitative estimate of drug-likeness (QED) is 0.535. The van der Waals surface area contributed by atoms with Gasteiger partial charge in [-0.3, -0.25) is 4.79 Å². The molecule has 3 nitrogen and oxygen atoms in total. The number of ether oxygens (including phenoxy) is 2. The van der Waals surface area contributed by atoms with Crippen LogP contribution in [-0.2, 0) is 33.5 Å². The summed E-state index contributed by atoms with van der Waals surface area (Å²) in [7, 11) is 0. The summed E-state index contributed by atoms with van der Waals surface area (Å²) in [6.07, 6.45) is 2.30. The molecular weight excluding hydrogens is 240 g/mol. The van der Waals surface area contributed by atoms with Crippen molar-refractivity contribution in [3.63, 3.8) is 0 Å². The lowest BCUT2D eigenvalue weighted by molar-refractivity contribution is -0.144. The highest BCUT2D eigenvalue weighted by Crippen LogP contribution is 2.17. The van der Waals surface area contributed by atoms with Crippen molar-refractivity contribution in [2.75, 3.05) is 19.8 Å². The molecule has 0 radical (unpaired) electrons. The summed E-state index contributed by atoms with van der Waals surface area (Å²) in [5.74, 6) is -0.178. The average Bonchev–Trinajstić information content (AvgIpc) is 2.43. The van der Waals surface area contributed by atoms with Gasteiger partial charge in [0.1, 0.15) is 6.61 Å². The third-order valence-corrected chi connectivity index (χ3v) is 3.13. The van der Waals surface area contributed by atoms with E-state index in [2.05, 4.69) is 19.9 Å². The second-order valence-electron chi connectivity index (χ2n) is 4.36. The van der Waals surface area contributed by atoms with E-state index in [-0.39, 0.29) is 5.97 Å². The van der Waals surface area contributed by atoms with Crippen molar-refractivity contribution < 1.29 is 14.3 Å². The lowest BCUT2D eigenvalue weighted by atomic mass is 9.95. The van der Waals surface area contributed by atoms with Gasteiger partial charge in [0.2, 0.25) is 0 Å². The van der Waals surface area contributed by atoms with Crippen LogP contribution < -0.4 is 0 Å². The Balaban J connectivity index is 2.58. The summed E-state index contributed by atoms with van der Waals surface area (Å²) in [4.78, 5) is 11.8. The molecule has 0 atom stereocenters. The van der Waals surface area contributed by atoms with E-state index in [1.54, 1.807) is 0 Å². The standard InChI is InChI=1S/C16H24O3/c1-4-13-8-7-9-14(15(13)5-2)12-16(17)19-11-10-18-6-3/h7-9H,4-6,10-12H2,1-3H3. The summed E-state index contributed by atoms with van der Waals surface area (Å²) >= 11 is 0. The molecule has 0 spiro atoms. The van der Waals surface area contributed by atoms with E-state index in [1.165, 1.54) is 11.1 Å². The summed E-state index contributed by atoms with van der Waals surface area (Å²) in [6.45, 7) is 7.64. The molecule has 19 heavy (non-hydrogen) atoms. The Kier molecular flexibility index (Phi) is 7.19. The van der Waals surface area contributed by atoms with Crippen molar-refractivity contribution >= 4 is 5.97 Å². The first-order valence-electron chi connectivity index (χ1n) is 7.05. The molecule has 0 aromatic heterocycles. The first-order valence-corrected chi connectivity index (χ1v) is 7.05. The number of esters is 1. The molecule has 1 aromatic carbocycles. The third-order valence-electron chi connectivity index (χ3n) is 3.13. The van der Waals surface area contributed by atoms with E-state index < -0.39 is 0 Å². The zero-order chi connectivity index (χ0) is 14.1. The number of hydrogen-bond donors (Lipinski definition) is 0. The first-order chi connectivity index (χ1) is 9.22. The van der Waals surface area contributed by atoms with E-state index in [9.17, 15) is 4.79 Å². The molecule has 0 aliphatic heterocycles. The van der Waals surface area contributed by atoms with Gasteiger partial charge < -0.3 is 9.47 Å². The van der Waals surface area contributed by atoms with E-state index in [1.807, 2.05) is 19.1 Å². The number of rotatable bonds is 8. The van der Waals surface area contributed by atoms with E-state index in [0.717, 1.165) is 18.4 Å². The molecular formula is C16H24O3. The van der Waals surface area contributed by atoms with Gasteiger partial charge in [-0.1, -0.05) is 32.0 Å². The third kappa shape index (κ3) is 5.03. The smallest absolute Gasteiger partial charge is 0.310 e. The lowest BCUT2D eigenvalue weighted by Gasteiger charge is -2.12. The predicted octanol–water partition coefficient (Wildman–Crippen LogP) is 2.93. The Hall–Kier alpha value is -1.35. The Bertz CT molecular complexity index is 399. The normalized spacial score (nSPS) is 10.5. The Labute approximate surface area is 115 Å². The van der Waals surface area contributed by atoms with Crippen LogP contribution in [0.5, 0.6) is 0 Å². The van der Waals surface area contributed by atoms with Crippen LogP contribution >= 0.6 is 0 Å². The Morgan fingerprint density at radius 1 is 1.05 bits per heavy atom. The van der Waals surface area contributed by atoms with Gasteiger partial charge in [0, 0.05) is 6.61 Å². The van der Waals surface area contributed by atoms with Crippen molar-refractivity contribution in [1.29, 1.82) is 0 Å². The summed E-state index contributed by atoms with van der Waals surface area (Å²) in [6, 6.07) is 6.16. The largest absolute Gasteiger partial charge is 0.463 e. The summed E-state index contributed by atoms with van der Waals surface area (Å²) in [5.41, 5.74) is 3.69. The zero-order valence-corrected chi connectivity index (χ0v) is 12.2. The lowest BCUT2D eigenvalue weighted by Crippen LogP contribution is -2.14. The molecule has 106 valence electrons. The molecule has 0 saturated carbocycles. The van der Waals surface area contributed by atoms with Crippen LogP contribution in [0.3, 0.4) is 0 Å². The van der Waals surface area contributed by atoms with Gasteiger partial charge in [-0.25, -0.2) is 0 Å². The van der Waals surface area contributed by atoms with Crippen LogP contribution in [0.2, 0.25) is 0 Å². The molecule has 0 aliphatic rings. The van der Waals surface area contributed by atoms with Crippen molar-refractivity contribution in [3.05, 3.63) is 34.9 Å². The molecule has 0 bridgehead atoms. The van der Waals surface area contributed by atoms with E-state index in [0.29, 0.717) is 26.2 Å². The fraction of sp³-hybridized carbons (Fsp3) is 0.562. The Morgan fingerprint density at radius 3 is 2.42 bits per heavy atom. The van der Waals surface area contributed by atoms with Crippen LogP contribution in [0.1, 0.15) is 37.5 Å². The van der Waals surface area contributed by atoms with Gasteiger partial charge in [-0.05, 0) is 36.5 Å². The number of hydrogen-bond acceptors (Lipinski definition) is 3. The van der Waals surface area contributed by atoms with Gasteiger partial charge in [0.15, 0.2) is 0 Å². The topological polar surface area (TPSA) is 35.5 Å². The molecule has 1 aromatic rings. The first kappa shape index (κ1) is 15.7. The van der Waals surface area contributed by atoms with Gasteiger partial charge in [-0.2, -0.15) is 0 Å². The predicted molar refractivity (Wildman–Crippen MR) is 76.4 cm³/mol. The molecule has 1 rings (SSSR count). The maximum absolute atomic E-state index is 11.8. The highest BCUT2D eigenvalue weighted by atomic mass is 16.6. The fourth-order valence-corrected chi connectivity index (χ4v) is 2.20. The van der Waals surface area contributed by atoms with Crippen molar-refractivity contribution in [2.45, 2.75) is 40.0 Å². The molecule has 0 saturated heterocycles. The SMILES string of the molecule is CCOCCOC(=O)Cc1cccc(CC)c1CC. The van der Waals surface area contributed by atoms with Crippen LogP contribution in [0, 0.1) is 0 Å². The van der Waals surface area contributed by atoms with Crippen molar-refractivity contribution in [1.82, 2.24) is 0 Å². The number of benzene rings is 1. The summed E-state index contributed by atoms with van der Waals surface area (Å²) in [5, 5.41) is 0. The highest BCUT2D eigenvalue weighted by Gasteiger charge is 2.10. The van der Waals surface area contributed by atoms with Crippen LogP contribution in [0.25, 0.3) is 0 Å². The average molecular weight is 264 g/mol. The maximum Gasteiger partial charge on any atom is 0.310 e. The molecule has 0 amide bonds. The Morgan fingerprint density at radius 2 is 1.79 bits per heavy atom. The second kappa shape index (κ2) is 8.70. The number of carbonyl (C=O) groups excluding carboxylic acids is 1. The highest BCUT2D eigenvalue weighted by molar-refractivity contribution is 5.73. The molecule has 0 heterocycles. The van der Waals surface area contributed by atoms with Crippen LogP contribution in [0.15, 0.2) is 18.2 Å². The molecule has 0 aliphatic carbocycles. The number of carbonyl (C=O) groups is 1. The minimum absolute atomic E-state index is 0.178. The molecule has 0 fully saturated rings. The van der Waals surface area contributed by atoms with Gasteiger partial charge in [0.05, 0.1) is 13.0 Å².